The molecule has 0 radical (unpaired) electrons. The molecule has 0 spiro atoms. The first-order valence-corrected chi connectivity index (χ1v) is 7.35. The highest BCUT2D eigenvalue weighted by molar-refractivity contribution is 7.20. The van der Waals surface area contributed by atoms with Gasteiger partial charge in [0.15, 0.2) is 0 Å². The largest absolute Gasteiger partial charge is 0.383 e. The molecule has 0 aliphatic carbocycles. The van der Waals surface area contributed by atoms with Gasteiger partial charge in [-0.1, -0.05) is 24.0 Å². The summed E-state index contributed by atoms with van der Waals surface area (Å²) in [6, 6.07) is 12.0. The predicted molar refractivity (Wildman–Crippen MR) is 83.1 cm³/mol. The highest BCUT2D eigenvalue weighted by Gasteiger charge is 2.04. The minimum atomic E-state index is 0.118. The Hall–Kier alpha value is -2.09. The molecule has 0 aliphatic heterocycles. The average molecular weight is 282 g/mol. The van der Waals surface area contributed by atoms with E-state index in [-0.39, 0.29) is 5.84 Å². The Kier molecular flexibility index (Phi) is 3.08. The van der Waals surface area contributed by atoms with Crippen LogP contribution in [-0.2, 0) is 0 Å². The quantitative estimate of drug-likeness (QED) is 0.399. The summed E-state index contributed by atoms with van der Waals surface area (Å²) < 4.78 is 1.11. The van der Waals surface area contributed by atoms with Gasteiger partial charge < -0.3 is 5.73 Å². The number of nitrogen functional groups attached to an aromatic ring is 1. The molecule has 0 bridgehead atoms. The van der Waals surface area contributed by atoms with Crippen molar-refractivity contribution in [1.29, 1.82) is 5.41 Å². The molecule has 0 amide bonds. The van der Waals surface area contributed by atoms with Gasteiger partial charge in [0, 0.05) is 10.3 Å². The van der Waals surface area contributed by atoms with Crippen LogP contribution in [0.4, 0.5) is 0 Å². The lowest BCUT2D eigenvalue weighted by Crippen LogP contribution is -2.08. The second-order valence-corrected chi connectivity index (χ2v) is 6.04. The fraction of sp³-hybridized carbons (Fsp3) is 0. The first-order chi connectivity index (χ1) is 9.22. The molecular weight excluding hydrogens is 272 g/mol. The highest BCUT2D eigenvalue weighted by Crippen LogP contribution is 2.26. The molecule has 2 heterocycles. The molecule has 0 aliphatic rings. The van der Waals surface area contributed by atoms with Crippen molar-refractivity contribution in [3.63, 3.8) is 0 Å². The number of nitrogens with one attached hydrogen (secondary N) is 1. The molecule has 3 aromatic rings. The van der Waals surface area contributed by atoms with E-state index in [1.165, 1.54) is 11.3 Å². The van der Waals surface area contributed by atoms with E-state index in [9.17, 15) is 0 Å². The van der Waals surface area contributed by atoms with Crippen molar-refractivity contribution in [2.24, 2.45) is 5.73 Å². The summed E-state index contributed by atoms with van der Waals surface area (Å²) in [5.74, 6) is 6.42. The fourth-order valence-electron chi connectivity index (χ4n) is 1.73. The second-order valence-electron chi connectivity index (χ2n) is 4.00. The van der Waals surface area contributed by atoms with Gasteiger partial charge in [0.25, 0.3) is 0 Å². The fourth-order valence-corrected chi connectivity index (χ4v) is 3.26. The van der Waals surface area contributed by atoms with Crippen LogP contribution in [0.5, 0.6) is 0 Å². The van der Waals surface area contributed by atoms with E-state index in [4.69, 9.17) is 11.1 Å². The molecule has 0 saturated heterocycles. The van der Waals surface area contributed by atoms with E-state index in [1.54, 1.807) is 11.3 Å². The molecule has 4 heteroatoms. The van der Waals surface area contributed by atoms with Crippen LogP contribution >= 0.6 is 22.7 Å². The summed E-state index contributed by atoms with van der Waals surface area (Å²) in [4.78, 5) is 1.87. The maximum atomic E-state index is 7.46. The van der Waals surface area contributed by atoms with Crippen molar-refractivity contribution in [2.75, 3.05) is 0 Å². The maximum Gasteiger partial charge on any atom is 0.133 e. The zero-order valence-corrected chi connectivity index (χ0v) is 11.6. The van der Waals surface area contributed by atoms with Crippen molar-refractivity contribution in [3.05, 3.63) is 57.1 Å². The minimum absolute atomic E-state index is 0.118. The first kappa shape index (κ1) is 12.0. The number of benzene rings is 1. The maximum absolute atomic E-state index is 7.46. The SMILES string of the molecule is N=C(N)c1cc2ccc(C#Cc3cccs3)cc2s1. The van der Waals surface area contributed by atoms with Crippen LogP contribution in [0.15, 0.2) is 41.8 Å². The van der Waals surface area contributed by atoms with E-state index in [0.29, 0.717) is 0 Å². The number of hydrogen-bond donors (Lipinski definition) is 2. The van der Waals surface area contributed by atoms with Crippen LogP contribution in [0.25, 0.3) is 10.1 Å². The average Bonchev–Trinajstić information content (AvgIpc) is 3.04. The topological polar surface area (TPSA) is 49.9 Å². The number of amidine groups is 1. The van der Waals surface area contributed by atoms with Crippen molar-refractivity contribution in [1.82, 2.24) is 0 Å². The van der Waals surface area contributed by atoms with Gasteiger partial charge in [0.05, 0.1) is 9.75 Å². The monoisotopic (exact) mass is 282 g/mol. The van der Waals surface area contributed by atoms with Crippen molar-refractivity contribution >= 4 is 38.6 Å². The number of nitrogens with two attached hydrogens (primary N) is 1. The lowest BCUT2D eigenvalue weighted by atomic mass is 10.2. The van der Waals surface area contributed by atoms with E-state index < -0.39 is 0 Å². The van der Waals surface area contributed by atoms with Gasteiger partial charge in [-0.05, 0) is 35.0 Å². The molecule has 92 valence electrons. The van der Waals surface area contributed by atoms with Gasteiger partial charge >= 0.3 is 0 Å². The van der Waals surface area contributed by atoms with Crippen LogP contribution in [0, 0.1) is 17.3 Å². The summed E-state index contributed by atoms with van der Waals surface area (Å²) in [7, 11) is 0. The van der Waals surface area contributed by atoms with E-state index in [1.807, 2.05) is 41.8 Å². The molecule has 2 aromatic heterocycles. The molecule has 0 fully saturated rings. The van der Waals surface area contributed by atoms with E-state index >= 15 is 0 Å². The van der Waals surface area contributed by atoms with Gasteiger partial charge in [-0.3, -0.25) is 5.41 Å². The third-order valence-electron chi connectivity index (χ3n) is 2.64. The van der Waals surface area contributed by atoms with Crippen molar-refractivity contribution in [2.45, 2.75) is 0 Å². The Morgan fingerprint density at radius 1 is 1.16 bits per heavy atom. The molecule has 3 N–H and O–H groups in total. The summed E-state index contributed by atoms with van der Waals surface area (Å²) in [6.45, 7) is 0. The van der Waals surface area contributed by atoms with Gasteiger partial charge in [-0.15, -0.1) is 22.7 Å². The predicted octanol–water partition coefficient (Wildman–Crippen LogP) is 3.65. The third-order valence-corrected chi connectivity index (χ3v) is 4.55. The number of fused-ring (bicyclic) bond motifs is 1. The number of rotatable bonds is 1. The van der Waals surface area contributed by atoms with Crippen molar-refractivity contribution < 1.29 is 0 Å². The molecule has 2 nitrogen and oxygen atoms in total. The minimum Gasteiger partial charge on any atom is -0.383 e. The molecule has 0 unspecified atom stereocenters. The Morgan fingerprint density at radius 2 is 2.05 bits per heavy atom. The smallest absolute Gasteiger partial charge is 0.133 e. The van der Waals surface area contributed by atoms with Crippen LogP contribution in [0.2, 0.25) is 0 Å². The summed E-state index contributed by atoms with van der Waals surface area (Å²) in [5.41, 5.74) is 6.49. The Morgan fingerprint density at radius 3 is 2.79 bits per heavy atom. The van der Waals surface area contributed by atoms with Gasteiger partial charge in [-0.2, -0.15) is 0 Å². The van der Waals surface area contributed by atoms with Crippen LogP contribution < -0.4 is 5.73 Å². The molecule has 0 atom stereocenters. The van der Waals surface area contributed by atoms with Crippen molar-refractivity contribution in [3.8, 4) is 11.8 Å². The summed E-state index contributed by atoms with van der Waals surface area (Å²) in [6.07, 6.45) is 0. The van der Waals surface area contributed by atoms with E-state index in [0.717, 1.165) is 25.4 Å². The standard InChI is InChI=1S/C15H10N2S2/c16-15(17)14-9-11-5-3-10(8-13(11)19-14)4-6-12-2-1-7-18-12/h1-3,5,7-9H,(H3,16,17). The Bertz CT molecular complexity index is 802. The molecular formula is C15H10N2S2. The number of thiophene rings is 2. The summed E-state index contributed by atoms with van der Waals surface area (Å²) in [5, 5.41) is 10.6. The Labute approximate surface area is 119 Å². The summed E-state index contributed by atoms with van der Waals surface area (Å²) >= 11 is 3.17. The third kappa shape index (κ3) is 2.53. The zero-order chi connectivity index (χ0) is 13.2. The first-order valence-electron chi connectivity index (χ1n) is 5.66. The van der Waals surface area contributed by atoms with Crippen LogP contribution in [0.3, 0.4) is 0 Å². The van der Waals surface area contributed by atoms with Crippen LogP contribution in [0.1, 0.15) is 15.3 Å². The highest BCUT2D eigenvalue weighted by atomic mass is 32.1. The lowest BCUT2D eigenvalue weighted by Gasteiger charge is -1.90. The Balaban J connectivity index is 1.99. The molecule has 0 saturated carbocycles. The zero-order valence-electron chi connectivity index (χ0n) is 9.94. The normalized spacial score (nSPS) is 10.1. The van der Waals surface area contributed by atoms with Crippen LogP contribution in [-0.4, -0.2) is 5.84 Å². The van der Waals surface area contributed by atoms with E-state index in [2.05, 4.69) is 11.8 Å². The molecule has 19 heavy (non-hydrogen) atoms. The number of hydrogen-bond acceptors (Lipinski definition) is 3. The lowest BCUT2D eigenvalue weighted by molar-refractivity contribution is 1.46. The second kappa shape index (κ2) is 4.88. The molecule has 1 aromatic carbocycles. The van der Waals surface area contributed by atoms with Gasteiger partial charge in [0.1, 0.15) is 5.84 Å². The van der Waals surface area contributed by atoms with Gasteiger partial charge in [0.2, 0.25) is 0 Å². The molecule has 3 rings (SSSR count). The van der Waals surface area contributed by atoms with Gasteiger partial charge in [-0.25, -0.2) is 0 Å².